The minimum Gasteiger partial charge on any atom is -0.353 e. The Kier molecular flexibility index (Phi) is 5.54. The minimum atomic E-state index is 0.0730. The van der Waals surface area contributed by atoms with Gasteiger partial charge < -0.3 is 11.1 Å². The molecule has 1 amide bonds. The molecule has 0 radical (unpaired) electrons. The van der Waals surface area contributed by atoms with Gasteiger partial charge in [0.05, 0.1) is 5.69 Å². The van der Waals surface area contributed by atoms with E-state index in [4.69, 9.17) is 5.73 Å². The van der Waals surface area contributed by atoms with Gasteiger partial charge in [-0.25, -0.2) is 0 Å². The summed E-state index contributed by atoms with van der Waals surface area (Å²) >= 11 is 0. The fourth-order valence-corrected chi connectivity index (χ4v) is 2.18. The number of aryl methyl sites for hydroxylation is 2. The first-order valence-electron chi connectivity index (χ1n) is 6.85. The molecule has 2 atom stereocenters. The van der Waals surface area contributed by atoms with Crippen LogP contribution in [0.3, 0.4) is 0 Å². The van der Waals surface area contributed by atoms with Crippen LogP contribution >= 0.6 is 0 Å². The summed E-state index contributed by atoms with van der Waals surface area (Å²) in [6.45, 7) is 8.00. The predicted octanol–water partition coefficient (Wildman–Crippen LogP) is 1.21. The van der Waals surface area contributed by atoms with Gasteiger partial charge in [0, 0.05) is 31.2 Å². The van der Waals surface area contributed by atoms with Crippen molar-refractivity contribution in [1.82, 2.24) is 15.1 Å². The fourth-order valence-electron chi connectivity index (χ4n) is 2.18. The summed E-state index contributed by atoms with van der Waals surface area (Å²) in [7, 11) is 1.94. The van der Waals surface area contributed by atoms with Gasteiger partial charge in [0.1, 0.15) is 0 Å². The van der Waals surface area contributed by atoms with E-state index in [-0.39, 0.29) is 18.0 Å². The molecule has 5 nitrogen and oxygen atoms in total. The molecule has 2 unspecified atom stereocenters. The van der Waals surface area contributed by atoms with Crippen LogP contribution in [0.4, 0.5) is 0 Å². The molecule has 1 aromatic heterocycles. The van der Waals surface area contributed by atoms with Crippen molar-refractivity contribution in [2.45, 2.75) is 59.0 Å². The van der Waals surface area contributed by atoms with Crippen molar-refractivity contribution in [3.05, 3.63) is 17.0 Å². The van der Waals surface area contributed by atoms with Crippen LogP contribution in [0.15, 0.2) is 0 Å². The van der Waals surface area contributed by atoms with Crippen molar-refractivity contribution < 1.29 is 4.79 Å². The lowest BCUT2D eigenvalue weighted by molar-refractivity contribution is -0.121. The number of rotatable bonds is 6. The van der Waals surface area contributed by atoms with Gasteiger partial charge in [-0.15, -0.1) is 0 Å². The van der Waals surface area contributed by atoms with Gasteiger partial charge in [0.15, 0.2) is 0 Å². The number of nitrogens with two attached hydrogens (primary N) is 1. The Hall–Kier alpha value is -1.36. The van der Waals surface area contributed by atoms with Gasteiger partial charge in [-0.05, 0) is 46.1 Å². The highest BCUT2D eigenvalue weighted by atomic mass is 16.1. The normalized spacial score (nSPS) is 14.2. The van der Waals surface area contributed by atoms with Crippen LogP contribution in [0.2, 0.25) is 0 Å². The van der Waals surface area contributed by atoms with Crippen LogP contribution in [0, 0.1) is 13.8 Å². The quantitative estimate of drug-likeness (QED) is 0.813. The van der Waals surface area contributed by atoms with Crippen LogP contribution in [-0.2, 0) is 18.3 Å². The Morgan fingerprint density at radius 3 is 2.53 bits per heavy atom. The second kappa shape index (κ2) is 6.70. The van der Waals surface area contributed by atoms with Crippen LogP contribution in [0.25, 0.3) is 0 Å². The Labute approximate surface area is 115 Å². The summed E-state index contributed by atoms with van der Waals surface area (Å²) in [5.74, 6) is 0.0731. The summed E-state index contributed by atoms with van der Waals surface area (Å²) in [5, 5.41) is 7.41. The molecule has 0 saturated heterocycles. The summed E-state index contributed by atoms with van der Waals surface area (Å²) in [4.78, 5) is 11.7. The van der Waals surface area contributed by atoms with Gasteiger partial charge in [-0.1, -0.05) is 0 Å². The highest BCUT2D eigenvalue weighted by Gasteiger charge is 2.14. The van der Waals surface area contributed by atoms with Crippen LogP contribution < -0.4 is 11.1 Å². The molecule has 108 valence electrons. The molecule has 0 aliphatic carbocycles. The van der Waals surface area contributed by atoms with Crippen LogP contribution in [-0.4, -0.2) is 27.8 Å². The molecule has 0 aliphatic heterocycles. The van der Waals surface area contributed by atoms with Crippen molar-refractivity contribution in [2.75, 3.05) is 0 Å². The third kappa shape index (κ3) is 4.67. The van der Waals surface area contributed by atoms with Gasteiger partial charge in [-0.2, -0.15) is 5.10 Å². The number of aromatic nitrogens is 2. The zero-order chi connectivity index (χ0) is 14.6. The van der Waals surface area contributed by atoms with Crippen molar-refractivity contribution in [1.29, 1.82) is 0 Å². The number of amides is 1. The Morgan fingerprint density at radius 2 is 2.05 bits per heavy atom. The molecule has 0 aromatic carbocycles. The van der Waals surface area contributed by atoms with E-state index in [0.29, 0.717) is 6.42 Å². The zero-order valence-electron chi connectivity index (χ0n) is 12.7. The molecule has 0 saturated carbocycles. The molecule has 1 heterocycles. The van der Waals surface area contributed by atoms with E-state index in [1.54, 1.807) is 0 Å². The van der Waals surface area contributed by atoms with Gasteiger partial charge >= 0.3 is 0 Å². The highest BCUT2D eigenvalue weighted by molar-refractivity contribution is 5.76. The fraction of sp³-hybridized carbons (Fsp3) is 0.714. The third-order valence-electron chi connectivity index (χ3n) is 3.40. The zero-order valence-corrected chi connectivity index (χ0v) is 12.7. The molecule has 0 aliphatic rings. The highest BCUT2D eigenvalue weighted by Crippen LogP contribution is 2.14. The number of hydrogen-bond donors (Lipinski definition) is 2. The SMILES string of the molecule is Cc1nn(C)c(C)c1CC(C)NC(=O)CCC(C)N. The first-order valence-corrected chi connectivity index (χ1v) is 6.85. The predicted molar refractivity (Wildman–Crippen MR) is 76.9 cm³/mol. The van der Waals surface area contributed by atoms with Crippen LogP contribution in [0.5, 0.6) is 0 Å². The summed E-state index contributed by atoms with van der Waals surface area (Å²) in [6, 6.07) is 0.186. The summed E-state index contributed by atoms with van der Waals surface area (Å²) < 4.78 is 1.88. The van der Waals surface area contributed by atoms with E-state index < -0.39 is 0 Å². The molecule has 19 heavy (non-hydrogen) atoms. The van der Waals surface area contributed by atoms with E-state index >= 15 is 0 Å². The molecule has 5 heteroatoms. The van der Waals surface area contributed by atoms with Crippen molar-refractivity contribution in [3.8, 4) is 0 Å². The second-order valence-electron chi connectivity index (χ2n) is 5.46. The largest absolute Gasteiger partial charge is 0.353 e. The standard InChI is InChI=1S/C14H26N4O/c1-9(15)6-7-14(19)16-10(2)8-13-11(3)17-18(5)12(13)4/h9-10H,6-8,15H2,1-5H3,(H,16,19). The maximum absolute atomic E-state index is 11.7. The monoisotopic (exact) mass is 266 g/mol. The molecule has 1 rings (SSSR count). The Bertz CT molecular complexity index is 437. The maximum atomic E-state index is 11.7. The third-order valence-corrected chi connectivity index (χ3v) is 3.40. The first-order chi connectivity index (χ1) is 8.81. The van der Waals surface area contributed by atoms with E-state index in [1.807, 2.05) is 32.5 Å². The lowest BCUT2D eigenvalue weighted by Gasteiger charge is -2.15. The number of nitrogens with one attached hydrogen (secondary N) is 1. The summed E-state index contributed by atoms with van der Waals surface area (Å²) in [5.41, 5.74) is 9.07. The molecule has 3 N–H and O–H groups in total. The molecular weight excluding hydrogens is 240 g/mol. The number of hydrogen-bond acceptors (Lipinski definition) is 3. The smallest absolute Gasteiger partial charge is 0.220 e. The Morgan fingerprint density at radius 1 is 1.42 bits per heavy atom. The topological polar surface area (TPSA) is 72.9 Å². The van der Waals surface area contributed by atoms with Gasteiger partial charge in [-0.3, -0.25) is 9.48 Å². The van der Waals surface area contributed by atoms with E-state index in [9.17, 15) is 4.79 Å². The van der Waals surface area contributed by atoms with Gasteiger partial charge in [0.25, 0.3) is 0 Å². The average Bonchev–Trinajstić information content (AvgIpc) is 2.53. The molecular formula is C14H26N4O. The number of carbonyl (C=O) groups excluding carboxylic acids is 1. The number of carbonyl (C=O) groups is 1. The lowest BCUT2D eigenvalue weighted by atomic mass is 10.0. The summed E-state index contributed by atoms with van der Waals surface area (Å²) in [6.07, 6.45) is 2.03. The maximum Gasteiger partial charge on any atom is 0.220 e. The van der Waals surface area contributed by atoms with E-state index in [2.05, 4.69) is 17.3 Å². The van der Waals surface area contributed by atoms with E-state index in [0.717, 1.165) is 24.2 Å². The van der Waals surface area contributed by atoms with Crippen LogP contribution in [0.1, 0.15) is 43.6 Å². The van der Waals surface area contributed by atoms with Gasteiger partial charge in [0.2, 0.25) is 5.91 Å². The lowest BCUT2D eigenvalue weighted by Crippen LogP contribution is -2.35. The average molecular weight is 266 g/mol. The molecule has 1 aromatic rings. The van der Waals surface area contributed by atoms with Crippen molar-refractivity contribution in [2.24, 2.45) is 12.8 Å². The minimum absolute atomic E-state index is 0.0730. The molecule has 0 fully saturated rings. The molecule has 0 bridgehead atoms. The number of nitrogens with zero attached hydrogens (tertiary/aromatic N) is 2. The first kappa shape index (κ1) is 15.7. The molecule has 0 spiro atoms. The second-order valence-corrected chi connectivity index (χ2v) is 5.46. The Balaban J connectivity index is 2.51. The van der Waals surface area contributed by atoms with Crippen molar-refractivity contribution >= 4 is 5.91 Å². The van der Waals surface area contributed by atoms with E-state index in [1.165, 1.54) is 5.56 Å². The van der Waals surface area contributed by atoms with Crippen molar-refractivity contribution in [3.63, 3.8) is 0 Å².